The van der Waals surface area contributed by atoms with E-state index in [1.54, 1.807) is 0 Å². The molecule has 1 aliphatic rings. The predicted molar refractivity (Wildman–Crippen MR) is 96.6 cm³/mol. The van der Waals surface area contributed by atoms with Crippen LogP contribution in [0.3, 0.4) is 0 Å². The van der Waals surface area contributed by atoms with Gasteiger partial charge < -0.3 is 10.2 Å². The van der Waals surface area contributed by atoms with E-state index in [0.717, 1.165) is 36.8 Å². The van der Waals surface area contributed by atoms with E-state index >= 15 is 0 Å². The molecule has 3 rings (SSSR count). The Balaban J connectivity index is 1.91. The van der Waals surface area contributed by atoms with Gasteiger partial charge in [0.05, 0.1) is 5.69 Å². The van der Waals surface area contributed by atoms with E-state index in [1.165, 1.54) is 21.0 Å². The quantitative estimate of drug-likeness (QED) is 0.889. The van der Waals surface area contributed by atoms with E-state index in [0.29, 0.717) is 0 Å². The Morgan fingerprint density at radius 3 is 2.50 bits per heavy atom. The molecule has 1 heterocycles. The van der Waals surface area contributed by atoms with Crippen LogP contribution in [0.15, 0.2) is 46.2 Å². The van der Waals surface area contributed by atoms with E-state index in [9.17, 15) is 0 Å². The number of piperazine rings is 1. The highest BCUT2D eigenvalue weighted by Crippen LogP contribution is 2.38. The van der Waals surface area contributed by atoms with E-state index in [4.69, 9.17) is 11.6 Å². The second kappa shape index (κ2) is 6.95. The number of hydrogen-bond donors (Lipinski definition) is 1. The Bertz CT molecular complexity index is 666. The molecule has 0 unspecified atom stereocenters. The zero-order chi connectivity index (χ0) is 15.5. The van der Waals surface area contributed by atoms with Gasteiger partial charge in [-0.15, -0.1) is 0 Å². The average Bonchev–Trinajstić information content (AvgIpc) is 2.54. The van der Waals surface area contributed by atoms with Gasteiger partial charge in [0.15, 0.2) is 0 Å². The topological polar surface area (TPSA) is 15.3 Å². The highest BCUT2D eigenvalue weighted by atomic mass is 35.5. The maximum Gasteiger partial charge on any atom is 0.0508 e. The number of nitrogens with zero attached hydrogens (tertiary/aromatic N) is 1. The van der Waals surface area contributed by atoms with Crippen molar-refractivity contribution >= 4 is 29.1 Å². The first-order chi connectivity index (χ1) is 10.6. The molecule has 0 saturated carbocycles. The van der Waals surface area contributed by atoms with Gasteiger partial charge in [0.1, 0.15) is 0 Å². The fourth-order valence-corrected chi connectivity index (χ4v) is 4.05. The van der Waals surface area contributed by atoms with Gasteiger partial charge in [-0.05, 0) is 49.2 Å². The Hall–Kier alpha value is -1.16. The summed E-state index contributed by atoms with van der Waals surface area (Å²) in [5.41, 5.74) is 3.70. The molecule has 2 nitrogen and oxygen atoms in total. The highest BCUT2D eigenvalue weighted by molar-refractivity contribution is 7.99. The smallest absolute Gasteiger partial charge is 0.0508 e. The summed E-state index contributed by atoms with van der Waals surface area (Å²) in [7, 11) is 0. The third-order valence-corrected chi connectivity index (χ3v) is 5.63. The summed E-state index contributed by atoms with van der Waals surface area (Å²) in [5, 5.41) is 4.26. The van der Waals surface area contributed by atoms with Gasteiger partial charge in [-0.3, -0.25) is 0 Å². The molecule has 1 fully saturated rings. The molecule has 0 aliphatic carbocycles. The second-order valence-corrected chi connectivity index (χ2v) is 7.16. The molecule has 116 valence electrons. The summed E-state index contributed by atoms with van der Waals surface area (Å²) >= 11 is 8.05. The van der Waals surface area contributed by atoms with E-state index in [2.05, 4.69) is 60.5 Å². The van der Waals surface area contributed by atoms with Gasteiger partial charge in [0, 0.05) is 41.0 Å². The zero-order valence-electron chi connectivity index (χ0n) is 13.0. The van der Waals surface area contributed by atoms with Crippen molar-refractivity contribution in [3.63, 3.8) is 0 Å². The summed E-state index contributed by atoms with van der Waals surface area (Å²) in [4.78, 5) is 5.07. The molecule has 0 aromatic heterocycles. The lowest BCUT2D eigenvalue weighted by Crippen LogP contribution is -2.43. The summed E-state index contributed by atoms with van der Waals surface area (Å²) in [5.74, 6) is 0. The Kier molecular flexibility index (Phi) is 4.97. The molecule has 0 amide bonds. The molecule has 0 bridgehead atoms. The van der Waals surface area contributed by atoms with Gasteiger partial charge in [-0.25, -0.2) is 0 Å². The maximum absolute atomic E-state index is 6.22. The van der Waals surface area contributed by atoms with Crippen LogP contribution in [-0.4, -0.2) is 26.2 Å². The number of halogens is 1. The minimum Gasteiger partial charge on any atom is -0.368 e. The number of benzene rings is 2. The van der Waals surface area contributed by atoms with Crippen molar-refractivity contribution in [1.82, 2.24) is 5.32 Å². The van der Waals surface area contributed by atoms with Crippen molar-refractivity contribution in [3.8, 4) is 0 Å². The molecule has 22 heavy (non-hydrogen) atoms. The van der Waals surface area contributed by atoms with Gasteiger partial charge in [0.2, 0.25) is 0 Å². The van der Waals surface area contributed by atoms with E-state index in [1.807, 2.05) is 11.8 Å². The average molecular weight is 333 g/mol. The van der Waals surface area contributed by atoms with Crippen LogP contribution >= 0.6 is 23.4 Å². The number of nitrogens with one attached hydrogen (secondary N) is 1. The minimum atomic E-state index is 0.845. The molecule has 2 aromatic carbocycles. The third kappa shape index (κ3) is 3.43. The van der Waals surface area contributed by atoms with Crippen molar-refractivity contribution in [2.24, 2.45) is 0 Å². The van der Waals surface area contributed by atoms with Crippen LogP contribution in [0.4, 0.5) is 5.69 Å². The van der Waals surface area contributed by atoms with E-state index < -0.39 is 0 Å². The lowest BCUT2D eigenvalue weighted by molar-refractivity contribution is 0.587. The molecule has 0 atom stereocenters. The van der Waals surface area contributed by atoms with Gasteiger partial charge in [-0.2, -0.15) is 0 Å². The molecular weight excluding hydrogens is 312 g/mol. The normalized spacial score (nSPS) is 15.1. The molecule has 1 N–H and O–H groups in total. The van der Waals surface area contributed by atoms with Crippen molar-refractivity contribution in [1.29, 1.82) is 0 Å². The Labute approximate surface area is 141 Å². The van der Waals surface area contributed by atoms with Crippen LogP contribution < -0.4 is 10.2 Å². The fraction of sp³-hybridized carbons (Fsp3) is 0.333. The first-order valence-electron chi connectivity index (χ1n) is 7.64. The monoisotopic (exact) mass is 332 g/mol. The van der Waals surface area contributed by atoms with Gasteiger partial charge in [-0.1, -0.05) is 35.5 Å². The molecule has 1 aliphatic heterocycles. The van der Waals surface area contributed by atoms with Crippen molar-refractivity contribution in [3.05, 3.63) is 52.5 Å². The number of rotatable bonds is 3. The Morgan fingerprint density at radius 2 is 1.73 bits per heavy atom. The summed E-state index contributed by atoms with van der Waals surface area (Å²) in [6.45, 7) is 8.43. The summed E-state index contributed by atoms with van der Waals surface area (Å²) < 4.78 is 0. The Morgan fingerprint density at radius 1 is 1.00 bits per heavy atom. The van der Waals surface area contributed by atoms with Crippen LogP contribution in [-0.2, 0) is 0 Å². The van der Waals surface area contributed by atoms with Gasteiger partial charge >= 0.3 is 0 Å². The summed E-state index contributed by atoms with van der Waals surface area (Å²) in [6.07, 6.45) is 0. The van der Waals surface area contributed by atoms with Crippen molar-refractivity contribution < 1.29 is 0 Å². The van der Waals surface area contributed by atoms with Crippen molar-refractivity contribution in [2.75, 3.05) is 31.1 Å². The van der Waals surface area contributed by atoms with Crippen LogP contribution in [0.25, 0.3) is 0 Å². The SMILES string of the molecule is Cc1cc(Sc2ccccc2N2CCNCC2)c(C)cc1Cl. The number of aryl methyl sites for hydroxylation is 2. The number of anilines is 1. The zero-order valence-corrected chi connectivity index (χ0v) is 14.6. The maximum atomic E-state index is 6.22. The molecule has 2 aromatic rings. The minimum absolute atomic E-state index is 0.845. The van der Waals surface area contributed by atoms with E-state index in [-0.39, 0.29) is 0 Å². The first-order valence-corrected chi connectivity index (χ1v) is 8.84. The molecule has 1 saturated heterocycles. The van der Waals surface area contributed by atoms with Crippen LogP contribution in [0.2, 0.25) is 5.02 Å². The molecular formula is C18H21ClN2S. The number of para-hydroxylation sites is 1. The standard InChI is InChI=1S/C18H21ClN2S/c1-13-12-18(14(2)11-15(13)19)22-17-6-4-3-5-16(17)21-9-7-20-8-10-21/h3-6,11-12,20H,7-10H2,1-2H3. The molecule has 4 heteroatoms. The third-order valence-electron chi connectivity index (χ3n) is 4.00. The fourth-order valence-electron chi connectivity index (χ4n) is 2.69. The lowest BCUT2D eigenvalue weighted by atomic mass is 10.2. The van der Waals surface area contributed by atoms with Crippen LogP contribution in [0.5, 0.6) is 0 Å². The lowest BCUT2D eigenvalue weighted by Gasteiger charge is -2.31. The van der Waals surface area contributed by atoms with Crippen molar-refractivity contribution in [2.45, 2.75) is 23.6 Å². The predicted octanol–water partition coefficient (Wildman–Crippen LogP) is 4.52. The number of hydrogen-bond acceptors (Lipinski definition) is 3. The first kappa shape index (κ1) is 15.7. The summed E-state index contributed by atoms with van der Waals surface area (Å²) in [6, 6.07) is 12.9. The van der Waals surface area contributed by atoms with Gasteiger partial charge in [0.25, 0.3) is 0 Å². The largest absolute Gasteiger partial charge is 0.368 e. The van der Waals surface area contributed by atoms with Crippen LogP contribution in [0.1, 0.15) is 11.1 Å². The highest BCUT2D eigenvalue weighted by Gasteiger charge is 2.15. The second-order valence-electron chi connectivity index (χ2n) is 5.67. The van der Waals surface area contributed by atoms with Crippen LogP contribution in [0, 0.1) is 13.8 Å². The molecule has 0 radical (unpaired) electrons. The molecule has 0 spiro atoms.